The van der Waals surface area contributed by atoms with Crippen LogP contribution in [-0.2, 0) is 11.8 Å². The summed E-state index contributed by atoms with van der Waals surface area (Å²) >= 11 is 11.3. The lowest BCUT2D eigenvalue weighted by atomic mass is 10.1. The van der Waals surface area contributed by atoms with E-state index in [-0.39, 0.29) is 0 Å². The van der Waals surface area contributed by atoms with Crippen molar-refractivity contribution in [3.8, 4) is 11.5 Å². The number of carbonyl (C=O) groups is 2. The number of hydrogen-bond acceptors (Lipinski definition) is 4. The summed E-state index contributed by atoms with van der Waals surface area (Å²) in [6.45, 7) is 0. The monoisotopic (exact) mass is 368 g/mol. The van der Waals surface area contributed by atoms with Crippen molar-refractivity contribution in [3.05, 3.63) is 58.7 Å². The number of benzene rings is 2. The molecule has 0 radical (unpaired) electrons. The molecule has 24 heavy (non-hydrogen) atoms. The summed E-state index contributed by atoms with van der Waals surface area (Å²) in [5, 5.41) is 0. The van der Waals surface area contributed by atoms with Gasteiger partial charge in [-0.3, -0.25) is 9.59 Å². The van der Waals surface area contributed by atoms with Gasteiger partial charge in [0.25, 0.3) is 0 Å². The van der Waals surface area contributed by atoms with Gasteiger partial charge >= 0.3 is 0 Å². The normalized spacial score (nSPS) is 9.50. The molecule has 6 heteroatoms. The highest BCUT2D eigenvalue weighted by molar-refractivity contribution is 6.17. The molecular formula is C18H18Cl2O4. The van der Waals surface area contributed by atoms with Crippen LogP contribution in [0, 0.1) is 0 Å². The van der Waals surface area contributed by atoms with Gasteiger partial charge < -0.3 is 9.47 Å². The van der Waals surface area contributed by atoms with Crippen LogP contribution < -0.4 is 9.47 Å². The molecule has 0 unspecified atom stereocenters. The van der Waals surface area contributed by atoms with Crippen LogP contribution in [0.3, 0.4) is 0 Å². The molecule has 0 heterocycles. The van der Waals surface area contributed by atoms with Gasteiger partial charge in [-0.2, -0.15) is 0 Å². The van der Waals surface area contributed by atoms with Crippen molar-refractivity contribution >= 4 is 35.8 Å². The standard InChI is InChI=1S/2C9H9ClO2/c2*1-12-9-3-2-7(6-11)4-8(9)5-10/h2*2-4,6H,5H2,1H3. The van der Waals surface area contributed by atoms with Gasteiger partial charge in [-0.25, -0.2) is 0 Å². The second-order valence-electron chi connectivity index (χ2n) is 4.65. The molecule has 128 valence electrons. The maximum atomic E-state index is 10.4. The molecule has 2 rings (SSSR count). The molecule has 0 spiro atoms. The fraction of sp³-hybridized carbons (Fsp3) is 0.222. The van der Waals surface area contributed by atoms with Crippen LogP contribution in [0.5, 0.6) is 11.5 Å². The van der Waals surface area contributed by atoms with E-state index < -0.39 is 0 Å². The number of carbonyl (C=O) groups excluding carboxylic acids is 2. The third kappa shape index (κ3) is 5.55. The highest BCUT2D eigenvalue weighted by Gasteiger charge is 2.02. The lowest BCUT2D eigenvalue weighted by molar-refractivity contribution is 0.111. The molecule has 0 aliphatic rings. The van der Waals surface area contributed by atoms with Gasteiger partial charge in [-0.15, -0.1) is 23.2 Å². The molecular weight excluding hydrogens is 351 g/mol. The first kappa shape index (κ1) is 20.0. The molecule has 0 saturated carbocycles. The maximum absolute atomic E-state index is 10.4. The Hall–Kier alpha value is -2.04. The zero-order valence-electron chi connectivity index (χ0n) is 13.4. The highest BCUT2D eigenvalue weighted by Crippen LogP contribution is 2.21. The third-order valence-corrected chi connectivity index (χ3v) is 3.74. The van der Waals surface area contributed by atoms with Crippen molar-refractivity contribution in [3.63, 3.8) is 0 Å². The molecule has 0 saturated heterocycles. The van der Waals surface area contributed by atoms with E-state index in [4.69, 9.17) is 32.7 Å². The van der Waals surface area contributed by atoms with Gasteiger partial charge in [0.05, 0.1) is 26.0 Å². The first-order chi connectivity index (χ1) is 11.6. The molecule has 0 amide bonds. The average Bonchev–Trinajstić information content (AvgIpc) is 2.67. The first-order valence-corrected chi connectivity index (χ1v) is 8.06. The molecule has 0 aliphatic heterocycles. The SMILES string of the molecule is COc1ccc(C=O)cc1CCl.COc1ccc(C=O)cc1CCl. The fourth-order valence-electron chi connectivity index (χ4n) is 1.95. The average molecular weight is 369 g/mol. The number of methoxy groups -OCH3 is 2. The third-order valence-electron chi connectivity index (χ3n) is 3.17. The number of halogens is 2. The minimum absolute atomic E-state index is 0.352. The Balaban J connectivity index is 0.000000240. The van der Waals surface area contributed by atoms with E-state index >= 15 is 0 Å². The minimum atomic E-state index is 0.352. The number of rotatable bonds is 6. The van der Waals surface area contributed by atoms with Crippen LogP contribution in [0.1, 0.15) is 31.8 Å². The van der Waals surface area contributed by atoms with Crippen LogP contribution in [0.2, 0.25) is 0 Å². The molecule has 2 aromatic carbocycles. The van der Waals surface area contributed by atoms with E-state index in [1.165, 1.54) is 0 Å². The van der Waals surface area contributed by atoms with Gasteiger partial charge in [0, 0.05) is 22.3 Å². The van der Waals surface area contributed by atoms with E-state index in [0.717, 1.165) is 35.2 Å². The summed E-state index contributed by atoms with van der Waals surface area (Å²) in [6.07, 6.45) is 1.57. The molecule has 2 aromatic rings. The van der Waals surface area contributed by atoms with Crippen molar-refractivity contribution in [2.45, 2.75) is 11.8 Å². The van der Waals surface area contributed by atoms with Gasteiger partial charge in [0.1, 0.15) is 24.1 Å². The molecule has 4 nitrogen and oxygen atoms in total. The Morgan fingerprint density at radius 1 is 0.792 bits per heavy atom. The molecule has 0 N–H and O–H groups in total. The van der Waals surface area contributed by atoms with Crippen LogP contribution in [-0.4, -0.2) is 26.8 Å². The molecule has 0 atom stereocenters. The highest BCUT2D eigenvalue weighted by atomic mass is 35.5. The Morgan fingerprint density at radius 3 is 1.42 bits per heavy atom. The van der Waals surface area contributed by atoms with Crippen molar-refractivity contribution in [2.24, 2.45) is 0 Å². The lowest BCUT2D eigenvalue weighted by Gasteiger charge is -2.05. The Labute approximate surface area is 151 Å². The molecule has 0 bridgehead atoms. The predicted molar refractivity (Wildman–Crippen MR) is 95.9 cm³/mol. The Bertz CT molecular complexity index is 627. The number of alkyl halides is 2. The van der Waals surface area contributed by atoms with Crippen LogP contribution in [0.25, 0.3) is 0 Å². The second-order valence-corrected chi connectivity index (χ2v) is 5.18. The van der Waals surface area contributed by atoms with E-state index in [0.29, 0.717) is 22.9 Å². The molecule has 0 aromatic heterocycles. The minimum Gasteiger partial charge on any atom is -0.496 e. The quantitative estimate of drug-likeness (QED) is 0.556. The summed E-state index contributed by atoms with van der Waals surface area (Å²) in [4.78, 5) is 20.8. The summed E-state index contributed by atoms with van der Waals surface area (Å²) < 4.78 is 10.1. The van der Waals surface area contributed by atoms with E-state index in [1.54, 1.807) is 50.6 Å². The van der Waals surface area contributed by atoms with Crippen molar-refractivity contribution < 1.29 is 19.1 Å². The van der Waals surface area contributed by atoms with Gasteiger partial charge in [-0.1, -0.05) is 0 Å². The van der Waals surface area contributed by atoms with E-state index in [9.17, 15) is 9.59 Å². The Morgan fingerprint density at radius 2 is 1.17 bits per heavy atom. The number of aldehydes is 2. The zero-order valence-corrected chi connectivity index (χ0v) is 14.9. The van der Waals surface area contributed by atoms with Gasteiger partial charge in [0.2, 0.25) is 0 Å². The summed E-state index contributed by atoms with van der Waals surface area (Å²) in [7, 11) is 3.15. The smallest absolute Gasteiger partial charge is 0.150 e. The number of ether oxygens (including phenoxy) is 2. The fourth-order valence-corrected chi connectivity index (χ4v) is 2.37. The summed E-state index contributed by atoms with van der Waals surface area (Å²) in [5.74, 6) is 2.14. The topological polar surface area (TPSA) is 52.6 Å². The van der Waals surface area contributed by atoms with Crippen molar-refractivity contribution in [2.75, 3.05) is 14.2 Å². The van der Waals surface area contributed by atoms with Crippen LogP contribution in [0.15, 0.2) is 36.4 Å². The zero-order chi connectivity index (χ0) is 17.9. The van der Waals surface area contributed by atoms with Gasteiger partial charge in [-0.05, 0) is 36.4 Å². The lowest BCUT2D eigenvalue weighted by Crippen LogP contribution is -1.91. The number of hydrogen-bond donors (Lipinski definition) is 0. The summed E-state index contributed by atoms with van der Waals surface area (Å²) in [6, 6.07) is 10.3. The van der Waals surface area contributed by atoms with Crippen LogP contribution in [0.4, 0.5) is 0 Å². The van der Waals surface area contributed by atoms with E-state index in [2.05, 4.69) is 0 Å². The summed E-state index contributed by atoms with van der Waals surface area (Å²) in [5.41, 5.74) is 2.91. The van der Waals surface area contributed by atoms with Crippen molar-refractivity contribution in [1.82, 2.24) is 0 Å². The van der Waals surface area contributed by atoms with E-state index in [1.807, 2.05) is 0 Å². The van der Waals surface area contributed by atoms with Gasteiger partial charge in [0.15, 0.2) is 0 Å². The first-order valence-electron chi connectivity index (χ1n) is 6.99. The Kier molecular flexibility index (Phi) is 8.90. The molecule has 0 fully saturated rings. The van der Waals surface area contributed by atoms with Crippen molar-refractivity contribution in [1.29, 1.82) is 0 Å². The second kappa shape index (κ2) is 10.7. The molecule has 0 aliphatic carbocycles. The predicted octanol–water partition coefficient (Wildman–Crippen LogP) is 4.49. The van der Waals surface area contributed by atoms with Crippen LogP contribution >= 0.6 is 23.2 Å². The maximum Gasteiger partial charge on any atom is 0.150 e. The largest absolute Gasteiger partial charge is 0.496 e.